The molecule has 0 unspecified atom stereocenters. The zero-order chi connectivity index (χ0) is 13.9. The van der Waals surface area contributed by atoms with E-state index in [0.717, 1.165) is 5.56 Å². The van der Waals surface area contributed by atoms with Crippen LogP contribution in [0.3, 0.4) is 0 Å². The minimum atomic E-state index is -3.46. The highest BCUT2D eigenvalue weighted by molar-refractivity contribution is 7.91. The molecule has 0 atom stereocenters. The highest BCUT2D eigenvalue weighted by Crippen LogP contribution is 2.18. The molecule has 0 spiro atoms. The van der Waals surface area contributed by atoms with Gasteiger partial charge in [0.1, 0.15) is 5.75 Å². The molecule has 0 saturated carbocycles. The van der Waals surface area contributed by atoms with Crippen LogP contribution < -0.4 is 5.73 Å². The third kappa shape index (κ3) is 3.73. The summed E-state index contributed by atoms with van der Waals surface area (Å²) in [6, 6.07) is 5.14. The van der Waals surface area contributed by atoms with E-state index in [1.54, 1.807) is 25.1 Å². The first kappa shape index (κ1) is 14.5. The Hall–Kier alpha value is -1.56. The molecule has 0 aliphatic rings. The largest absolute Gasteiger partial charge is 0.399 e. The zero-order valence-electron chi connectivity index (χ0n) is 10.8. The number of nitrogens with two attached hydrogens (primary N) is 1. The number of amides is 1. The van der Waals surface area contributed by atoms with Crippen LogP contribution in [0.15, 0.2) is 18.2 Å². The predicted octanol–water partition coefficient (Wildman–Crippen LogP) is 0.580. The summed E-state index contributed by atoms with van der Waals surface area (Å²) in [7, 11) is -0.402. The molecule has 0 fully saturated rings. The molecule has 1 amide bonds. The number of nitrogen functional groups attached to an aromatic ring is 1. The van der Waals surface area contributed by atoms with Crippen molar-refractivity contribution >= 4 is 21.4 Å². The fourth-order valence-electron chi connectivity index (χ4n) is 1.46. The normalized spacial score (nSPS) is 11.3. The summed E-state index contributed by atoms with van der Waals surface area (Å²) < 4.78 is 23.8. The minimum absolute atomic E-state index is 0.163. The van der Waals surface area contributed by atoms with Crippen molar-refractivity contribution in [2.45, 2.75) is 12.7 Å². The second-order valence-electron chi connectivity index (χ2n) is 4.45. The van der Waals surface area contributed by atoms with Crippen LogP contribution in [0.2, 0.25) is 0 Å². The monoisotopic (exact) mass is 270 g/mol. The van der Waals surface area contributed by atoms with E-state index in [9.17, 15) is 13.2 Å². The van der Waals surface area contributed by atoms with Crippen LogP contribution in [0, 0.1) is 6.92 Å². The lowest BCUT2D eigenvalue weighted by Gasteiger charge is -2.12. The van der Waals surface area contributed by atoms with Gasteiger partial charge in [-0.25, -0.2) is 8.42 Å². The molecule has 0 heterocycles. The third-order valence-corrected chi connectivity index (χ3v) is 4.14. The second-order valence-corrected chi connectivity index (χ2v) is 6.52. The van der Waals surface area contributed by atoms with Crippen LogP contribution in [0.1, 0.15) is 11.1 Å². The zero-order valence-corrected chi connectivity index (χ0v) is 11.6. The maximum Gasteiger partial charge on any atom is 0.237 e. The Morgan fingerprint density at radius 1 is 1.33 bits per heavy atom. The lowest BCUT2D eigenvalue weighted by atomic mass is 10.1. The molecule has 0 saturated heterocycles. The molecule has 0 radical (unpaired) electrons. The van der Waals surface area contributed by atoms with Crippen molar-refractivity contribution in [3.05, 3.63) is 29.3 Å². The van der Waals surface area contributed by atoms with Gasteiger partial charge >= 0.3 is 0 Å². The third-order valence-electron chi connectivity index (χ3n) is 2.71. The quantitative estimate of drug-likeness (QED) is 0.812. The molecule has 100 valence electrons. The number of carbonyl (C=O) groups excluding carboxylic acids is 1. The number of benzene rings is 1. The van der Waals surface area contributed by atoms with Gasteiger partial charge in [0.25, 0.3) is 0 Å². The van der Waals surface area contributed by atoms with Gasteiger partial charge in [-0.1, -0.05) is 12.1 Å². The lowest BCUT2D eigenvalue weighted by Crippen LogP contribution is -2.29. The van der Waals surface area contributed by atoms with Crippen LogP contribution >= 0.6 is 0 Å². The number of anilines is 1. The maximum atomic E-state index is 11.9. The summed E-state index contributed by atoms with van der Waals surface area (Å²) in [5, 5.41) is 0. The van der Waals surface area contributed by atoms with E-state index in [1.165, 1.54) is 19.0 Å². The number of hydrogen-bond acceptors (Lipinski definition) is 4. The highest BCUT2D eigenvalue weighted by Gasteiger charge is 2.19. The maximum absolute atomic E-state index is 11.9. The molecule has 5 nitrogen and oxygen atoms in total. The Bertz CT molecular complexity index is 550. The summed E-state index contributed by atoms with van der Waals surface area (Å²) >= 11 is 0. The molecule has 0 aliphatic heterocycles. The molecule has 6 heteroatoms. The van der Waals surface area contributed by atoms with E-state index in [1.807, 2.05) is 0 Å². The minimum Gasteiger partial charge on any atom is -0.399 e. The number of nitrogens with zero attached hydrogens (tertiary/aromatic N) is 1. The number of carbonyl (C=O) groups is 1. The average Bonchev–Trinajstić information content (AvgIpc) is 2.23. The molecule has 0 aromatic heterocycles. The van der Waals surface area contributed by atoms with Crippen molar-refractivity contribution < 1.29 is 13.2 Å². The first-order chi connectivity index (χ1) is 8.23. The van der Waals surface area contributed by atoms with E-state index >= 15 is 0 Å². The molecule has 1 aromatic carbocycles. The predicted molar refractivity (Wildman–Crippen MR) is 71.8 cm³/mol. The van der Waals surface area contributed by atoms with Crippen molar-refractivity contribution in [2.24, 2.45) is 0 Å². The van der Waals surface area contributed by atoms with Crippen LogP contribution in [-0.4, -0.2) is 39.1 Å². The molecule has 0 bridgehead atoms. The van der Waals surface area contributed by atoms with Crippen molar-refractivity contribution in [3.8, 4) is 0 Å². The first-order valence-electron chi connectivity index (χ1n) is 5.47. The van der Waals surface area contributed by atoms with Gasteiger partial charge in [0, 0.05) is 19.8 Å². The fourth-order valence-corrected chi connectivity index (χ4v) is 2.99. The van der Waals surface area contributed by atoms with E-state index < -0.39 is 21.5 Å². The smallest absolute Gasteiger partial charge is 0.237 e. The molecule has 0 aliphatic carbocycles. The Morgan fingerprint density at radius 3 is 2.50 bits per heavy atom. The van der Waals surface area contributed by atoms with Gasteiger partial charge in [0.2, 0.25) is 5.91 Å². The van der Waals surface area contributed by atoms with Crippen LogP contribution in [0.4, 0.5) is 5.69 Å². The molecular weight excluding hydrogens is 252 g/mol. The Morgan fingerprint density at radius 2 is 1.94 bits per heavy atom. The van der Waals surface area contributed by atoms with Gasteiger partial charge < -0.3 is 10.6 Å². The molecule has 2 N–H and O–H groups in total. The van der Waals surface area contributed by atoms with Gasteiger partial charge in [0.15, 0.2) is 9.84 Å². The SMILES string of the molecule is Cc1c(N)cccc1CS(=O)(=O)CC(=O)N(C)C. The summed E-state index contributed by atoms with van der Waals surface area (Å²) in [6.45, 7) is 1.77. The summed E-state index contributed by atoms with van der Waals surface area (Å²) in [4.78, 5) is 12.7. The van der Waals surface area contributed by atoms with Crippen LogP contribution in [-0.2, 0) is 20.4 Å². The van der Waals surface area contributed by atoms with Gasteiger partial charge in [-0.3, -0.25) is 4.79 Å². The van der Waals surface area contributed by atoms with Gasteiger partial charge in [-0.15, -0.1) is 0 Å². The van der Waals surface area contributed by atoms with E-state index in [-0.39, 0.29) is 5.75 Å². The van der Waals surface area contributed by atoms with E-state index in [2.05, 4.69) is 0 Å². The van der Waals surface area contributed by atoms with E-state index in [4.69, 9.17) is 5.73 Å². The van der Waals surface area contributed by atoms with Crippen LogP contribution in [0.25, 0.3) is 0 Å². The average molecular weight is 270 g/mol. The Labute approximate surface area is 108 Å². The highest BCUT2D eigenvalue weighted by atomic mass is 32.2. The number of sulfone groups is 1. The van der Waals surface area contributed by atoms with Crippen molar-refractivity contribution in [3.63, 3.8) is 0 Å². The summed E-state index contributed by atoms with van der Waals surface area (Å²) in [6.07, 6.45) is 0. The standard InChI is InChI=1S/C12H18N2O3S/c1-9-10(5-4-6-11(9)13)7-18(16,17)8-12(15)14(2)3/h4-6H,7-8,13H2,1-3H3. The number of hydrogen-bond donors (Lipinski definition) is 1. The second kappa shape index (κ2) is 5.39. The van der Waals surface area contributed by atoms with Gasteiger partial charge in [-0.05, 0) is 24.1 Å². The van der Waals surface area contributed by atoms with Crippen LogP contribution in [0.5, 0.6) is 0 Å². The van der Waals surface area contributed by atoms with Gasteiger partial charge in [0.05, 0.1) is 5.75 Å². The van der Waals surface area contributed by atoms with Crippen molar-refractivity contribution in [1.82, 2.24) is 4.90 Å². The van der Waals surface area contributed by atoms with Gasteiger partial charge in [-0.2, -0.15) is 0 Å². The number of rotatable bonds is 4. The summed E-state index contributed by atoms with van der Waals surface area (Å²) in [5.74, 6) is -1.06. The van der Waals surface area contributed by atoms with Crippen molar-refractivity contribution in [1.29, 1.82) is 0 Å². The van der Waals surface area contributed by atoms with E-state index in [0.29, 0.717) is 11.3 Å². The Balaban J connectivity index is 2.90. The summed E-state index contributed by atoms with van der Waals surface area (Å²) in [5.41, 5.74) is 7.66. The first-order valence-corrected chi connectivity index (χ1v) is 7.29. The fraction of sp³-hybridized carbons (Fsp3) is 0.417. The molecule has 1 rings (SSSR count). The molecule has 1 aromatic rings. The molecule has 18 heavy (non-hydrogen) atoms. The topological polar surface area (TPSA) is 80.5 Å². The molecular formula is C12H18N2O3S. The lowest BCUT2D eigenvalue weighted by molar-refractivity contribution is -0.125. The Kier molecular flexibility index (Phi) is 4.34. The van der Waals surface area contributed by atoms with Crippen molar-refractivity contribution in [2.75, 3.05) is 25.6 Å².